The molecule has 12 nitrogen and oxygen atoms in total. The fraction of sp³-hybridized carbons (Fsp3) is 0.300. The standard InChI is InChI=1S/C30H32N6O6S2/c1-35-26(16-31-29(38)18-11-12-22(39-2)24(14-18)41-4)32-33-30(35)44-17-27(37)36-21(15-20(34-36)25-10-7-13-43-25)19-8-6-9-23(40-3)28(19)42-5/h6-14,21H,15-17H2,1-5H3,(H,31,38). The van der Waals surface area contributed by atoms with Crippen LogP contribution in [0.15, 0.2) is 64.2 Å². The van der Waals surface area contributed by atoms with Crippen LogP contribution in [0.25, 0.3) is 0 Å². The Kier molecular flexibility index (Phi) is 9.70. The monoisotopic (exact) mass is 636 g/mol. The van der Waals surface area contributed by atoms with Gasteiger partial charge in [-0.2, -0.15) is 5.10 Å². The number of rotatable bonds is 12. The van der Waals surface area contributed by atoms with E-state index < -0.39 is 0 Å². The molecule has 1 unspecified atom stereocenters. The minimum absolute atomic E-state index is 0.0774. The van der Waals surface area contributed by atoms with Crippen LogP contribution in [0.5, 0.6) is 23.0 Å². The second-order valence-corrected chi connectivity index (χ2v) is 11.5. The number of hydrazone groups is 1. The summed E-state index contributed by atoms with van der Waals surface area (Å²) in [5, 5.41) is 20.1. The van der Waals surface area contributed by atoms with Gasteiger partial charge in [-0.1, -0.05) is 30.0 Å². The smallest absolute Gasteiger partial charge is 0.253 e. The van der Waals surface area contributed by atoms with Crippen LogP contribution in [-0.2, 0) is 18.4 Å². The average Bonchev–Trinajstić information content (AvgIpc) is 3.82. The lowest BCUT2D eigenvalue weighted by molar-refractivity contribution is -0.130. The Morgan fingerprint density at radius 1 is 0.977 bits per heavy atom. The zero-order valence-electron chi connectivity index (χ0n) is 24.9. The molecule has 2 aromatic carbocycles. The first-order chi connectivity index (χ1) is 21.4. The van der Waals surface area contributed by atoms with E-state index in [1.165, 1.54) is 31.0 Å². The van der Waals surface area contributed by atoms with E-state index in [0.29, 0.717) is 46.0 Å². The van der Waals surface area contributed by atoms with E-state index in [1.54, 1.807) is 55.4 Å². The Morgan fingerprint density at radius 3 is 2.48 bits per heavy atom. The summed E-state index contributed by atoms with van der Waals surface area (Å²) < 4.78 is 23.5. The molecule has 2 amide bonds. The van der Waals surface area contributed by atoms with Crippen molar-refractivity contribution in [3.05, 3.63) is 75.7 Å². The van der Waals surface area contributed by atoms with Crippen LogP contribution in [-0.4, -0.2) is 71.5 Å². The zero-order chi connectivity index (χ0) is 31.2. The van der Waals surface area contributed by atoms with Gasteiger partial charge in [-0.15, -0.1) is 21.5 Å². The predicted molar refractivity (Wildman–Crippen MR) is 167 cm³/mol. The molecule has 0 spiro atoms. The Balaban J connectivity index is 1.28. The third kappa shape index (κ3) is 6.36. The molecule has 1 aliphatic heterocycles. The van der Waals surface area contributed by atoms with Crippen LogP contribution in [0.4, 0.5) is 0 Å². The minimum Gasteiger partial charge on any atom is -0.493 e. The second-order valence-electron chi connectivity index (χ2n) is 9.56. The first-order valence-corrected chi connectivity index (χ1v) is 15.4. The molecule has 14 heteroatoms. The van der Waals surface area contributed by atoms with Crippen molar-refractivity contribution in [2.24, 2.45) is 12.1 Å². The molecule has 0 saturated carbocycles. The third-order valence-corrected chi connectivity index (χ3v) is 8.99. The number of thioether (sulfide) groups is 1. The number of ether oxygens (including phenoxy) is 4. The van der Waals surface area contributed by atoms with Crippen molar-refractivity contribution in [3.63, 3.8) is 0 Å². The summed E-state index contributed by atoms with van der Waals surface area (Å²) in [6, 6.07) is 14.2. The van der Waals surface area contributed by atoms with Crippen LogP contribution < -0.4 is 24.3 Å². The largest absolute Gasteiger partial charge is 0.493 e. The van der Waals surface area contributed by atoms with E-state index in [4.69, 9.17) is 24.0 Å². The highest BCUT2D eigenvalue weighted by molar-refractivity contribution is 7.99. The molecule has 2 aromatic heterocycles. The van der Waals surface area contributed by atoms with Gasteiger partial charge in [0.25, 0.3) is 11.8 Å². The van der Waals surface area contributed by atoms with Gasteiger partial charge in [0.2, 0.25) is 0 Å². The summed E-state index contributed by atoms with van der Waals surface area (Å²) in [7, 11) is 8.00. The molecular formula is C30H32N6O6S2. The van der Waals surface area contributed by atoms with Gasteiger partial charge in [-0.05, 0) is 35.7 Å². The van der Waals surface area contributed by atoms with Crippen molar-refractivity contribution in [2.75, 3.05) is 34.2 Å². The number of thiophene rings is 1. The van der Waals surface area contributed by atoms with Gasteiger partial charge in [-0.3, -0.25) is 9.59 Å². The summed E-state index contributed by atoms with van der Waals surface area (Å²) in [6.07, 6.45) is 0.536. The summed E-state index contributed by atoms with van der Waals surface area (Å²) in [5.41, 5.74) is 2.06. The van der Waals surface area contributed by atoms with E-state index in [9.17, 15) is 9.59 Å². The number of methoxy groups -OCH3 is 4. The summed E-state index contributed by atoms with van der Waals surface area (Å²) in [5.74, 6) is 2.26. The highest BCUT2D eigenvalue weighted by atomic mass is 32.2. The quantitative estimate of drug-likeness (QED) is 0.226. The van der Waals surface area contributed by atoms with Crippen LogP contribution >= 0.6 is 23.1 Å². The van der Waals surface area contributed by atoms with E-state index >= 15 is 0 Å². The van der Waals surface area contributed by atoms with Gasteiger partial charge in [0.15, 0.2) is 34.0 Å². The van der Waals surface area contributed by atoms with Gasteiger partial charge in [-0.25, -0.2) is 5.01 Å². The lowest BCUT2D eigenvalue weighted by Crippen LogP contribution is -2.29. The second kappa shape index (κ2) is 13.8. The molecule has 3 heterocycles. The summed E-state index contributed by atoms with van der Waals surface area (Å²) in [6.45, 7) is 0.142. The molecule has 0 fully saturated rings. The highest BCUT2D eigenvalue weighted by Crippen LogP contribution is 2.42. The first-order valence-electron chi connectivity index (χ1n) is 13.5. The first kappa shape index (κ1) is 30.9. The van der Waals surface area contributed by atoms with E-state index in [1.807, 2.05) is 35.7 Å². The van der Waals surface area contributed by atoms with Crippen LogP contribution in [0.1, 0.15) is 39.1 Å². The molecular weight excluding hydrogens is 605 g/mol. The fourth-order valence-electron chi connectivity index (χ4n) is 4.80. The maximum atomic E-state index is 13.7. The van der Waals surface area contributed by atoms with Crippen molar-refractivity contribution in [3.8, 4) is 23.0 Å². The number of carbonyl (C=O) groups excluding carboxylic acids is 2. The predicted octanol–water partition coefficient (Wildman–Crippen LogP) is 4.31. The molecule has 1 atom stereocenters. The molecule has 44 heavy (non-hydrogen) atoms. The van der Waals surface area contributed by atoms with Gasteiger partial charge >= 0.3 is 0 Å². The van der Waals surface area contributed by atoms with Crippen molar-refractivity contribution < 1.29 is 28.5 Å². The number of nitrogens with one attached hydrogen (secondary N) is 1. The van der Waals surface area contributed by atoms with Crippen molar-refractivity contribution in [1.82, 2.24) is 25.1 Å². The zero-order valence-corrected chi connectivity index (χ0v) is 26.5. The van der Waals surface area contributed by atoms with Gasteiger partial charge < -0.3 is 28.8 Å². The van der Waals surface area contributed by atoms with Crippen LogP contribution in [0.3, 0.4) is 0 Å². The van der Waals surface area contributed by atoms with Gasteiger partial charge in [0.05, 0.1) is 57.4 Å². The molecule has 0 aliphatic carbocycles. The Morgan fingerprint density at radius 2 is 1.77 bits per heavy atom. The van der Waals surface area contributed by atoms with E-state index in [-0.39, 0.29) is 30.2 Å². The summed E-state index contributed by atoms with van der Waals surface area (Å²) >= 11 is 2.83. The number of amides is 2. The number of hydrogen-bond donors (Lipinski definition) is 1. The lowest BCUT2D eigenvalue weighted by atomic mass is 9.99. The van der Waals surface area contributed by atoms with E-state index in [0.717, 1.165) is 16.2 Å². The molecule has 1 N–H and O–H groups in total. The van der Waals surface area contributed by atoms with E-state index in [2.05, 4.69) is 15.5 Å². The Hall–Kier alpha value is -4.56. The molecule has 1 aliphatic rings. The highest BCUT2D eigenvalue weighted by Gasteiger charge is 2.36. The number of para-hydroxylation sites is 1. The number of benzene rings is 2. The molecule has 230 valence electrons. The lowest BCUT2D eigenvalue weighted by Gasteiger charge is -2.24. The SMILES string of the molecule is COc1ccc(C(=O)NCc2nnc(SCC(=O)N3N=C(c4cccs4)CC3c3cccc(OC)c3OC)n2C)cc1OC. The summed E-state index contributed by atoms with van der Waals surface area (Å²) in [4.78, 5) is 27.4. The van der Waals surface area contributed by atoms with Crippen LogP contribution in [0, 0.1) is 0 Å². The van der Waals surface area contributed by atoms with Crippen molar-refractivity contribution in [1.29, 1.82) is 0 Å². The molecule has 0 saturated heterocycles. The number of hydrogen-bond acceptors (Lipinski definition) is 11. The van der Waals surface area contributed by atoms with Crippen molar-refractivity contribution in [2.45, 2.75) is 24.2 Å². The number of nitrogens with zero attached hydrogens (tertiary/aromatic N) is 5. The fourth-order valence-corrected chi connectivity index (χ4v) is 6.31. The molecule has 5 rings (SSSR count). The topological polar surface area (TPSA) is 129 Å². The Bertz CT molecular complexity index is 1670. The molecule has 0 radical (unpaired) electrons. The van der Waals surface area contributed by atoms with Gasteiger partial charge in [0.1, 0.15) is 0 Å². The third-order valence-electron chi connectivity index (χ3n) is 7.07. The molecule has 4 aromatic rings. The number of carbonyl (C=O) groups is 2. The van der Waals surface area contributed by atoms with Gasteiger partial charge in [0, 0.05) is 24.6 Å². The van der Waals surface area contributed by atoms with Crippen LogP contribution in [0.2, 0.25) is 0 Å². The maximum absolute atomic E-state index is 13.7. The number of aromatic nitrogens is 3. The normalized spacial score (nSPS) is 14.2. The molecule has 0 bridgehead atoms. The average molecular weight is 637 g/mol. The van der Waals surface area contributed by atoms with Crippen molar-refractivity contribution >= 4 is 40.6 Å². The maximum Gasteiger partial charge on any atom is 0.253 e. The minimum atomic E-state index is -0.368. The Labute approximate surface area is 263 Å².